The summed E-state index contributed by atoms with van der Waals surface area (Å²) in [5.74, 6) is -0.310. The van der Waals surface area contributed by atoms with Gasteiger partial charge in [0.15, 0.2) is 0 Å². The molecule has 3 nitrogen and oxygen atoms in total. The molecule has 0 saturated carbocycles. The summed E-state index contributed by atoms with van der Waals surface area (Å²) in [5.41, 5.74) is 7.12. The topological polar surface area (TPSA) is 46.3 Å². The second kappa shape index (κ2) is 6.56. The van der Waals surface area contributed by atoms with Crippen LogP contribution in [0.25, 0.3) is 0 Å². The van der Waals surface area contributed by atoms with Crippen molar-refractivity contribution in [3.8, 4) is 0 Å². The molecule has 1 atom stereocenters. The minimum atomic E-state index is -0.392. The van der Waals surface area contributed by atoms with Crippen LogP contribution >= 0.6 is 12.2 Å². The van der Waals surface area contributed by atoms with Crippen LogP contribution in [0.4, 0.5) is 0 Å². The fourth-order valence-electron chi connectivity index (χ4n) is 2.99. The van der Waals surface area contributed by atoms with E-state index in [1.807, 2.05) is 35.2 Å². The molecule has 21 heavy (non-hydrogen) atoms. The Morgan fingerprint density at radius 2 is 2.05 bits per heavy atom. The molecule has 0 spiro atoms. The molecule has 0 bridgehead atoms. The van der Waals surface area contributed by atoms with E-state index in [9.17, 15) is 4.79 Å². The number of rotatable bonds is 4. The quantitative estimate of drug-likeness (QED) is 0.870. The summed E-state index contributed by atoms with van der Waals surface area (Å²) in [6.45, 7) is 6.02. The van der Waals surface area contributed by atoms with Gasteiger partial charge in [0.2, 0.25) is 5.91 Å². The van der Waals surface area contributed by atoms with Crippen LogP contribution < -0.4 is 5.73 Å². The van der Waals surface area contributed by atoms with Gasteiger partial charge >= 0.3 is 0 Å². The zero-order valence-electron chi connectivity index (χ0n) is 12.8. The van der Waals surface area contributed by atoms with Crippen molar-refractivity contribution in [2.45, 2.75) is 33.1 Å². The molecular formula is C17H24N2OS. The van der Waals surface area contributed by atoms with Gasteiger partial charge in [-0.2, -0.15) is 0 Å². The molecule has 1 fully saturated rings. The first-order chi connectivity index (χ1) is 9.89. The molecule has 2 N–H and O–H groups in total. The van der Waals surface area contributed by atoms with E-state index in [0.29, 0.717) is 11.4 Å². The minimum Gasteiger partial charge on any atom is -0.393 e. The molecule has 1 aromatic carbocycles. The molecule has 1 unspecified atom stereocenters. The van der Waals surface area contributed by atoms with Crippen molar-refractivity contribution >= 4 is 23.1 Å². The first kappa shape index (κ1) is 16.0. The lowest BCUT2D eigenvalue weighted by Crippen LogP contribution is -2.48. The molecule has 1 aliphatic heterocycles. The molecule has 1 amide bonds. The monoisotopic (exact) mass is 304 g/mol. The predicted molar refractivity (Wildman–Crippen MR) is 90.0 cm³/mol. The number of thiocarbonyl (C=S) groups is 1. The van der Waals surface area contributed by atoms with E-state index in [4.69, 9.17) is 18.0 Å². The molecule has 1 aliphatic rings. The van der Waals surface area contributed by atoms with E-state index in [1.165, 1.54) is 0 Å². The molecule has 1 heterocycles. The number of nitrogens with zero attached hydrogens (tertiary/aromatic N) is 1. The van der Waals surface area contributed by atoms with Crippen LogP contribution in [0.3, 0.4) is 0 Å². The normalized spacial score (nSPS) is 19.0. The predicted octanol–water partition coefficient (Wildman–Crippen LogP) is 2.78. The molecule has 1 aromatic rings. The largest absolute Gasteiger partial charge is 0.393 e. The molecule has 2 rings (SSSR count). The second-order valence-electron chi connectivity index (χ2n) is 6.67. The lowest BCUT2D eigenvalue weighted by Gasteiger charge is -2.39. The average molecular weight is 304 g/mol. The summed E-state index contributed by atoms with van der Waals surface area (Å²) in [4.78, 5) is 15.0. The van der Waals surface area contributed by atoms with Crippen LogP contribution in [-0.2, 0) is 11.2 Å². The van der Waals surface area contributed by atoms with Gasteiger partial charge < -0.3 is 10.6 Å². The first-order valence-corrected chi connectivity index (χ1v) is 7.92. The van der Waals surface area contributed by atoms with Gasteiger partial charge in [0.25, 0.3) is 0 Å². The van der Waals surface area contributed by atoms with Crippen molar-refractivity contribution < 1.29 is 4.79 Å². The Balaban J connectivity index is 2.11. The zero-order valence-corrected chi connectivity index (χ0v) is 13.7. The third-order valence-corrected chi connectivity index (χ3v) is 4.42. The maximum Gasteiger partial charge on any atom is 0.232 e. The number of piperidine rings is 1. The van der Waals surface area contributed by atoms with E-state index in [1.54, 1.807) is 0 Å². The molecule has 0 aromatic heterocycles. The van der Waals surface area contributed by atoms with E-state index < -0.39 is 5.92 Å². The van der Waals surface area contributed by atoms with Gasteiger partial charge in [-0.05, 0) is 30.2 Å². The zero-order chi connectivity index (χ0) is 15.5. The molecular weight excluding hydrogens is 280 g/mol. The van der Waals surface area contributed by atoms with Crippen LogP contribution in [-0.4, -0.2) is 28.9 Å². The smallest absolute Gasteiger partial charge is 0.232 e. The number of hydrogen-bond acceptors (Lipinski definition) is 2. The third-order valence-electron chi connectivity index (χ3n) is 4.14. The summed E-state index contributed by atoms with van der Waals surface area (Å²) in [5, 5.41) is 0. The Morgan fingerprint density at radius 1 is 1.38 bits per heavy atom. The highest BCUT2D eigenvalue weighted by Gasteiger charge is 2.33. The van der Waals surface area contributed by atoms with Gasteiger partial charge in [0.05, 0.1) is 10.9 Å². The summed E-state index contributed by atoms with van der Waals surface area (Å²) in [6, 6.07) is 9.94. The van der Waals surface area contributed by atoms with Crippen molar-refractivity contribution in [1.82, 2.24) is 4.90 Å². The maximum atomic E-state index is 12.8. The van der Waals surface area contributed by atoms with Gasteiger partial charge in [-0.15, -0.1) is 0 Å². The van der Waals surface area contributed by atoms with Crippen molar-refractivity contribution in [1.29, 1.82) is 0 Å². The van der Waals surface area contributed by atoms with Crippen molar-refractivity contribution in [2.75, 3.05) is 13.1 Å². The highest BCUT2D eigenvalue weighted by atomic mass is 32.1. The van der Waals surface area contributed by atoms with E-state index >= 15 is 0 Å². The molecule has 0 radical (unpaired) electrons. The van der Waals surface area contributed by atoms with Gasteiger partial charge in [0.1, 0.15) is 0 Å². The van der Waals surface area contributed by atoms with Crippen LogP contribution in [0, 0.1) is 11.3 Å². The number of hydrogen-bond donors (Lipinski definition) is 1. The standard InChI is InChI=1S/C17H24N2OS/c1-17(2)9-6-10-19(12-17)16(20)14(15(18)21)11-13-7-4-3-5-8-13/h3-5,7-8,14H,6,9-12H2,1-2H3,(H2,18,21). The third kappa shape index (κ3) is 4.27. The second-order valence-corrected chi connectivity index (χ2v) is 7.14. The van der Waals surface area contributed by atoms with E-state index in [-0.39, 0.29) is 11.3 Å². The van der Waals surface area contributed by atoms with E-state index in [2.05, 4.69) is 13.8 Å². The number of benzene rings is 1. The highest BCUT2D eigenvalue weighted by molar-refractivity contribution is 7.80. The minimum absolute atomic E-state index is 0.0825. The Kier molecular flexibility index (Phi) is 4.99. The van der Waals surface area contributed by atoms with Gasteiger partial charge in [0, 0.05) is 13.1 Å². The van der Waals surface area contributed by atoms with Gasteiger partial charge in [-0.25, -0.2) is 0 Å². The van der Waals surface area contributed by atoms with Crippen molar-refractivity contribution in [2.24, 2.45) is 17.1 Å². The summed E-state index contributed by atoms with van der Waals surface area (Å²) in [6.07, 6.45) is 2.80. The number of amides is 1. The Hall–Kier alpha value is -1.42. The Bertz CT molecular complexity index is 513. The SMILES string of the molecule is CC1(C)CCCN(C(=O)C(Cc2ccccc2)C(N)=S)C1. The number of nitrogens with two attached hydrogens (primary N) is 1. The number of likely N-dealkylation sites (tertiary alicyclic amines) is 1. The highest BCUT2D eigenvalue weighted by Crippen LogP contribution is 2.29. The van der Waals surface area contributed by atoms with Crippen LogP contribution in [0.1, 0.15) is 32.3 Å². The Morgan fingerprint density at radius 3 is 2.62 bits per heavy atom. The summed E-state index contributed by atoms with van der Waals surface area (Å²) in [7, 11) is 0. The van der Waals surface area contributed by atoms with E-state index in [0.717, 1.165) is 31.5 Å². The first-order valence-electron chi connectivity index (χ1n) is 7.51. The van der Waals surface area contributed by atoms with Crippen LogP contribution in [0.5, 0.6) is 0 Å². The maximum absolute atomic E-state index is 12.8. The Labute approximate surface area is 132 Å². The molecule has 1 saturated heterocycles. The summed E-state index contributed by atoms with van der Waals surface area (Å²) < 4.78 is 0. The fraction of sp³-hybridized carbons (Fsp3) is 0.529. The van der Waals surface area contributed by atoms with Crippen molar-refractivity contribution in [3.05, 3.63) is 35.9 Å². The molecule has 114 valence electrons. The average Bonchev–Trinajstić information content (AvgIpc) is 2.44. The van der Waals surface area contributed by atoms with Gasteiger partial charge in [-0.3, -0.25) is 4.79 Å². The van der Waals surface area contributed by atoms with Crippen LogP contribution in [0.15, 0.2) is 30.3 Å². The van der Waals surface area contributed by atoms with Gasteiger partial charge in [-0.1, -0.05) is 56.4 Å². The van der Waals surface area contributed by atoms with Crippen molar-refractivity contribution in [3.63, 3.8) is 0 Å². The molecule has 0 aliphatic carbocycles. The summed E-state index contributed by atoms with van der Waals surface area (Å²) >= 11 is 5.15. The number of carbonyl (C=O) groups excluding carboxylic acids is 1. The molecule has 4 heteroatoms. The lowest BCUT2D eigenvalue weighted by molar-refractivity contribution is -0.136. The number of carbonyl (C=O) groups is 1. The lowest BCUT2D eigenvalue weighted by atomic mass is 9.83. The fourth-order valence-corrected chi connectivity index (χ4v) is 3.18. The van der Waals surface area contributed by atoms with Crippen LogP contribution in [0.2, 0.25) is 0 Å².